The van der Waals surface area contributed by atoms with Crippen molar-refractivity contribution in [2.24, 2.45) is 0 Å². The molecule has 0 amide bonds. The molecule has 0 aliphatic heterocycles. The summed E-state index contributed by atoms with van der Waals surface area (Å²) < 4.78 is 7.53. The van der Waals surface area contributed by atoms with Crippen LogP contribution >= 0.6 is 0 Å². The molecule has 0 bridgehead atoms. The Hall–Kier alpha value is -3.72. The summed E-state index contributed by atoms with van der Waals surface area (Å²) in [7, 11) is 0. The van der Waals surface area contributed by atoms with E-state index in [1.165, 1.54) is 32.1 Å². The monoisotopic (exact) mass is 459 g/mol. The van der Waals surface area contributed by atoms with Gasteiger partial charge < -0.3 is 20.8 Å². The molecule has 1 aliphatic rings. The maximum absolute atomic E-state index is 12.4. The minimum Gasteiger partial charge on any atom is -0.439 e. The van der Waals surface area contributed by atoms with Gasteiger partial charge in [0.25, 0.3) is 0 Å². The van der Waals surface area contributed by atoms with E-state index in [0.717, 1.165) is 17.8 Å². The van der Waals surface area contributed by atoms with E-state index in [4.69, 9.17) is 10.5 Å². The fourth-order valence-corrected chi connectivity index (χ4v) is 4.45. The number of nitrogens with two attached hydrogens (primary N) is 1. The van der Waals surface area contributed by atoms with Crippen molar-refractivity contribution in [3.05, 3.63) is 70.0 Å². The van der Waals surface area contributed by atoms with Crippen LogP contribution in [0.5, 0.6) is 11.6 Å². The van der Waals surface area contributed by atoms with E-state index in [1.807, 2.05) is 42.5 Å². The normalized spacial score (nSPS) is 14.5. The summed E-state index contributed by atoms with van der Waals surface area (Å²) in [5.41, 5.74) is 8.52. The van der Waals surface area contributed by atoms with Gasteiger partial charge in [0, 0.05) is 18.7 Å². The molecule has 5 rings (SSSR count). The SMILES string of the molecule is Cc1nc(N)c2[nH]c(=O)n(Cc3ccc(Oc4cccc(CNC5CCCCC5)n4)cc3)c2n1. The third-order valence-corrected chi connectivity index (χ3v) is 6.21. The molecule has 0 unspecified atom stereocenters. The summed E-state index contributed by atoms with van der Waals surface area (Å²) in [5.74, 6) is 2.03. The summed E-state index contributed by atoms with van der Waals surface area (Å²) in [6.45, 7) is 2.85. The Morgan fingerprint density at radius 1 is 1.09 bits per heavy atom. The molecule has 9 heteroatoms. The Bertz CT molecular complexity index is 1340. The third kappa shape index (κ3) is 4.94. The van der Waals surface area contributed by atoms with E-state index >= 15 is 0 Å². The molecule has 0 radical (unpaired) electrons. The lowest BCUT2D eigenvalue weighted by Gasteiger charge is -2.22. The van der Waals surface area contributed by atoms with Crippen LogP contribution in [-0.4, -0.2) is 30.5 Å². The molecule has 0 spiro atoms. The number of ether oxygens (including phenoxy) is 1. The molecular weight excluding hydrogens is 430 g/mol. The number of rotatable bonds is 7. The summed E-state index contributed by atoms with van der Waals surface area (Å²) >= 11 is 0. The number of imidazole rings is 1. The molecule has 3 aromatic heterocycles. The van der Waals surface area contributed by atoms with E-state index in [1.54, 1.807) is 11.5 Å². The number of H-pyrrole nitrogens is 1. The fraction of sp³-hybridized carbons (Fsp3) is 0.360. The molecule has 4 aromatic rings. The van der Waals surface area contributed by atoms with Gasteiger partial charge in [-0.2, -0.15) is 0 Å². The number of nitrogen functional groups attached to an aromatic ring is 1. The summed E-state index contributed by atoms with van der Waals surface area (Å²) in [6.07, 6.45) is 6.45. The van der Waals surface area contributed by atoms with Gasteiger partial charge in [-0.3, -0.25) is 4.57 Å². The van der Waals surface area contributed by atoms with E-state index in [9.17, 15) is 4.79 Å². The molecule has 1 aromatic carbocycles. The van der Waals surface area contributed by atoms with Crippen LogP contribution in [0.4, 0.5) is 5.82 Å². The molecule has 0 atom stereocenters. The van der Waals surface area contributed by atoms with Crippen molar-refractivity contribution in [3.63, 3.8) is 0 Å². The number of fused-ring (bicyclic) bond motifs is 1. The topological polar surface area (TPSA) is 124 Å². The largest absolute Gasteiger partial charge is 0.439 e. The number of nitrogens with one attached hydrogen (secondary N) is 2. The predicted octanol–water partition coefficient (Wildman–Crippen LogP) is 3.67. The molecule has 1 saturated carbocycles. The van der Waals surface area contributed by atoms with Crippen LogP contribution < -0.4 is 21.5 Å². The minimum atomic E-state index is -0.273. The second-order valence-electron chi connectivity index (χ2n) is 8.80. The maximum Gasteiger partial charge on any atom is 0.328 e. The van der Waals surface area contributed by atoms with E-state index in [2.05, 4.69) is 25.3 Å². The highest BCUT2D eigenvalue weighted by Gasteiger charge is 2.14. The Morgan fingerprint density at radius 3 is 2.68 bits per heavy atom. The van der Waals surface area contributed by atoms with E-state index in [-0.39, 0.29) is 11.5 Å². The van der Waals surface area contributed by atoms with Crippen LogP contribution in [0.2, 0.25) is 0 Å². The number of nitrogens with zero attached hydrogens (tertiary/aromatic N) is 4. The summed E-state index contributed by atoms with van der Waals surface area (Å²) in [5, 5.41) is 3.62. The second-order valence-corrected chi connectivity index (χ2v) is 8.80. The highest BCUT2D eigenvalue weighted by Crippen LogP contribution is 2.22. The molecule has 9 nitrogen and oxygen atoms in total. The zero-order valence-electron chi connectivity index (χ0n) is 19.3. The molecule has 4 N–H and O–H groups in total. The van der Waals surface area contributed by atoms with Crippen molar-refractivity contribution in [3.8, 4) is 11.6 Å². The van der Waals surface area contributed by atoms with Crippen molar-refractivity contribution >= 4 is 17.0 Å². The van der Waals surface area contributed by atoms with Crippen molar-refractivity contribution in [1.29, 1.82) is 0 Å². The number of hydrogen-bond acceptors (Lipinski definition) is 7. The van der Waals surface area contributed by atoms with Gasteiger partial charge in [0.15, 0.2) is 11.5 Å². The number of anilines is 1. The third-order valence-electron chi connectivity index (χ3n) is 6.21. The number of hydrogen-bond donors (Lipinski definition) is 3. The Labute approximate surface area is 197 Å². The van der Waals surface area contributed by atoms with Gasteiger partial charge in [-0.25, -0.2) is 19.7 Å². The molecule has 0 saturated heterocycles. The van der Waals surface area contributed by atoms with Gasteiger partial charge in [-0.1, -0.05) is 37.5 Å². The summed E-state index contributed by atoms with van der Waals surface area (Å²) in [6, 6.07) is 14.0. The number of benzene rings is 1. The van der Waals surface area contributed by atoms with E-state index < -0.39 is 0 Å². The minimum absolute atomic E-state index is 0.269. The van der Waals surface area contributed by atoms with Crippen molar-refractivity contribution in [2.45, 2.75) is 58.2 Å². The highest BCUT2D eigenvalue weighted by molar-refractivity contribution is 5.81. The molecule has 1 aliphatic carbocycles. The number of aromatic amines is 1. The first-order chi connectivity index (χ1) is 16.5. The first kappa shape index (κ1) is 22.1. The molecule has 1 fully saturated rings. The molecule has 176 valence electrons. The first-order valence-electron chi connectivity index (χ1n) is 11.7. The highest BCUT2D eigenvalue weighted by atomic mass is 16.5. The van der Waals surface area contributed by atoms with Gasteiger partial charge in [0.05, 0.1) is 12.2 Å². The molecule has 34 heavy (non-hydrogen) atoms. The number of pyridine rings is 1. The zero-order chi connectivity index (χ0) is 23.5. The van der Waals surface area contributed by atoms with Crippen LogP contribution in [0.25, 0.3) is 11.2 Å². The van der Waals surface area contributed by atoms with Crippen molar-refractivity contribution < 1.29 is 4.74 Å². The van der Waals surface area contributed by atoms with Crippen molar-refractivity contribution in [1.82, 2.24) is 29.8 Å². The fourth-order valence-electron chi connectivity index (χ4n) is 4.45. The number of aryl methyl sites for hydroxylation is 1. The maximum atomic E-state index is 12.4. The summed E-state index contributed by atoms with van der Waals surface area (Å²) in [4.78, 5) is 28.3. The van der Waals surface area contributed by atoms with Gasteiger partial charge in [0.2, 0.25) is 5.88 Å². The Balaban J connectivity index is 1.25. The lowest BCUT2D eigenvalue weighted by atomic mass is 9.95. The Morgan fingerprint density at radius 2 is 1.88 bits per heavy atom. The quantitative estimate of drug-likeness (QED) is 0.385. The lowest BCUT2D eigenvalue weighted by Crippen LogP contribution is -2.30. The average Bonchev–Trinajstić information content (AvgIpc) is 3.15. The van der Waals surface area contributed by atoms with E-state index in [0.29, 0.717) is 41.2 Å². The van der Waals surface area contributed by atoms with Crippen LogP contribution in [-0.2, 0) is 13.1 Å². The van der Waals surface area contributed by atoms with Crippen LogP contribution in [0, 0.1) is 6.92 Å². The standard InChI is InChI=1S/C25H29N7O2/c1-16-28-23(26)22-24(29-16)32(25(33)31-22)15-17-10-12-20(13-11-17)34-21-9-5-8-19(30-21)14-27-18-6-3-2-4-7-18/h5,8-13,18,27H,2-4,6-7,14-15H2,1H3,(H,31,33)(H2,26,28,29). The second kappa shape index (κ2) is 9.64. The predicted molar refractivity (Wildman–Crippen MR) is 131 cm³/mol. The zero-order valence-corrected chi connectivity index (χ0v) is 19.3. The van der Waals surface area contributed by atoms with Gasteiger partial charge in [-0.05, 0) is 43.5 Å². The average molecular weight is 460 g/mol. The van der Waals surface area contributed by atoms with Crippen LogP contribution in [0.1, 0.15) is 49.2 Å². The smallest absolute Gasteiger partial charge is 0.328 e. The molecular formula is C25H29N7O2. The van der Waals surface area contributed by atoms with Crippen LogP contribution in [0.3, 0.4) is 0 Å². The number of aromatic nitrogens is 5. The van der Waals surface area contributed by atoms with Gasteiger partial charge >= 0.3 is 5.69 Å². The first-order valence-corrected chi connectivity index (χ1v) is 11.7. The Kier molecular flexibility index (Phi) is 6.27. The van der Waals surface area contributed by atoms with Gasteiger partial charge in [0.1, 0.15) is 17.1 Å². The van der Waals surface area contributed by atoms with Crippen molar-refractivity contribution in [2.75, 3.05) is 5.73 Å². The molecule has 3 heterocycles. The van der Waals surface area contributed by atoms with Gasteiger partial charge in [-0.15, -0.1) is 0 Å². The lowest BCUT2D eigenvalue weighted by molar-refractivity contribution is 0.370. The van der Waals surface area contributed by atoms with Crippen LogP contribution in [0.15, 0.2) is 47.3 Å².